The van der Waals surface area contributed by atoms with E-state index in [2.05, 4.69) is 0 Å². The number of hydrogen-bond acceptors (Lipinski definition) is 5. The smallest absolute Gasteiger partial charge is 0.328 e. The molecule has 0 saturated heterocycles. The van der Waals surface area contributed by atoms with Crippen molar-refractivity contribution in [3.8, 4) is 0 Å². The number of aryl methyl sites for hydroxylation is 1. The first-order chi connectivity index (χ1) is 10.1. The van der Waals surface area contributed by atoms with Gasteiger partial charge in [0.25, 0.3) is 0 Å². The van der Waals surface area contributed by atoms with Crippen molar-refractivity contribution in [2.45, 2.75) is 26.7 Å². The van der Waals surface area contributed by atoms with Crippen molar-refractivity contribution in [2.24, 2.45) is 0 Å². The maximum atomic E-state index is 12.0. The Balaban J connectivity index is 2.45. The number of esters is 2. The zero-order valence-corrected chi connectivity index (χ0v) is 12.3. The van der Waals surface area contributed by atoms with Crippen LogP contribution in [0.3, 0.4) is 0 Å². The minimum Gasteiger partial charge on any atom is -0.465 e. The van der Waals surface area contributed by atoms with Crippen molar-refractivity contribution in [3.63, 3.8) is 0 Å². The molecular weight excluding hydrogens is 272 g/mol. The van der Waals surface area contributed by atoms with E-state index in [1.165, 1.54) is 0 Å². The van der Waals surface area contributed by atoms with Crippen molar-refractivity contribution >= 4 is 22.9 Å². The second kappa shape index (κ2) is 6.43. The molecule has 2 aromatic rings. The molecule has 2 rings (SSSR count). The van der Waals surface area contributed by atoms with E-state index in [1.54, 1.807) is 19.9 Å². The largest absolute Gasteiger partial charge is 0.465 e. The summed E-state index contributed by atoms with van der Waals surface area (Å²) in [7, 11) is 0. The Morgan fingerprint density at radius 3 is 2.29 bits per heavy atom. The molecule has 0 amide bonds. The van der Waals surface area contributed by atoms with Gasteiger partial charge in [0, 0.05) is 5.39 Å². The number of benzene rings is 1. The molecule has 0 spiro atoms. The zero-order valence-electron chi connectivity index (χ0n) is 12.3. The average molecular weight is 290 g/mol. The van der Waals surface area contributed by atoms with Crippen LogP contribution in [0.2, 0.25) is 0 Å². The number of hydrogen-bond donors (Lipinski definition) is 0. The Bertz CT molecular complexity index is 638. The SMILES string of the molecule is CCOC(=O)C(C(=O)OCC)c1cc2cccc(C)c2o1. The maximum absolute atomic E-state index is 12.0. The fourth-order valence-corrected chi connectivity index (χ4v) is 2.15. The van der Waals surface area contributed by atoms with Crippen molar-refractivity contribution in [1.82, 2.24) is 0 Å². The fourth-order valence-electron chi connectivity index (χ4n) is 2.15. The summed E-state index contributed by atoms with van der Waals surface area (Å²) < 4.78 is 15.6. The quantitative estimate of drug-likeness (QED) is 0.625. The van der Waals surface area contributed by atoms with Gasteiger partial charge in [-0.1, -0.05) is 18.2 Å². The molecule has 5 nitrogen and oxygen atoms in total. The topological polar surface area (TPSA) is 65.7 Å². The summed E-state index contributed by atoms with van der Waals surface area (Å²) in [5.41, 5.74) is 1.59. The Hall–Kier alpha value is -2.30. The molecule has 0 fully saturated rings. The van der Waals surface area contributed by atoms with Crippen LogP contribution in [0.25, 0.3) is 11.0 Å². The molecule has 0 atom stereocenters. The number of fused-ring (bicyclic) bond motifs is 1. The van der Waals surface area contributed by atoms with Crippen molar-refractivity contribution in [3.05, 3.63) is 35.6 Å². The molecule has 0 aliphatic rings. The first-order valence-corrected chi connectivity index (χ1v) is 6.90. The maximum Gasteiger partial charge on any atom is 0.328 e. The Morgan fingerprint density at radius 2 is 1.76 bits per heavy atom. The molecule has 1 heterocycles. The van der Waals surface area contributed by atoms with E-state index in [0.717, 1.165) is 10.9 Å². The third-order valence-electron chi connectivity index (χ3n) is 3.09. The molecule has 0 aliphatic carbocycles. The van der Waals surface area contributed by atoms with Gasteiger partial charge < -0.3 is 13.9 Å². The number of ether oxygens (including phenoxy) is 2. The summed E-state index contributed by atoms with van der Waals surface area (Å²) in [6.07, 6.45) is 0. The zero-order chi connectivity index (χ0) is 15.4. The third kappa shape index (κ3) is 3.07. The van der Waals surface area contributed by atoms with E-state index in [1.807, 2.05) is 25.1 Å². The third-order valence-corrected chi connectivity index (χ3v) is 3.09. The van der Waals surface area contributed by atoms with E-state index in [0.29, 0.717) is 5.58 Å². The lowest BCUT2D eigenvalue weighted by molar-refractivity contribution is -0.157. The van der Waals surface area contributed by atoms with E-state index in [9.17, 15) is 9.59 Å². The predicted octanol–water partition coefficient (Wildman–Crippen LogP) is 2.95. The molecule has 1 aromatic heterocycles. The molecule has 0 N–H and O–H groups in total. The minimum absolute atomic E-state index is 0.188. The standard InChI is InChI=1S/C16H18O5/c1-4-19-15(17)13(16(18)20-5-2)12-9-11-8-6-7-10(3)14(11)21-12/h6-9,13H,4-5H2,1-3H3. The summed E-state index contributed by atoms with van der Waals surface area (Å²) in [4.78, 5) is 24.1. The molecule has 112 valence electrons. The van der Waals surface area contributed by atoms with Gasteiger partial charge in [-0.15, -0.1) is 0 Å². The van der Waals surface area contributed by atoms with E-state index < -0.39 is 17.9 Å². The van der Waals surface area contributed by atoms with Gasteiger partial charge in [-0.2, -0.15) is 0 Å². The van der Waals surface area contributed by atoms with Gasteiger partial charge in [-0.3, -0.25) is 9.59 Å². The summed E-state index contributed by atoms with van der Waals surface area (Å²) >= 11 is 0. The Labute approximate surface area is 122 Å². The highest BCUT2D eigenvalue weighted by Gasteiger charge is 2.34. The summed E-state index contributed by atoms with van der Waals surface area (Å²) in [6, 6.07) is 7.34. The Morgan fingerprint density at radius 1 is 1.14 bits per heavy atom. The average Bonchev–Trinajstić information content (AvgIpc) is 2.84. The van der Waals surface area contributed by atoms with E-state index >= 15 is 0 Å². The van der Waals surface area contributed by atoms with E-state index in [-0.39, 0.29) is 19.0 Å². The van der Waals surface area contributed by atoms with E-state index in [4.69, 9.17) is 13.9 Å². The van der Waals surface area contributed by atoms with Crippen molar-refractivity contribution in [2.75, 3.05) is 13.2 Å². The van der Waals surface area contributed by atoms with Gasteiger partial charge in [0.15, 0.2) is 0 Å². The van der Waals surface area contributed by atoms with Crippen molar-refractivity contribution in [1.29, 1.82) is 0 Å². The number of carbonyl (C=O) groups is 2. The highest BCUT2D eigenvalue weighted by molar-refractivity contribution is 6.01. The van der Waals surface area contributed by atoms with Gasteiger partial charge in [0.05, 0.1) is 13.2 Å². The molecular formula is C16H18O5. The minimum atomic E-state index is -1.18. The van der Waals surface area contributed by atoms with Gasteiger partial charge in [-0.25, -0.2) is 0 Å². The van der Waals surface area contributed by atoms with Crippen LogP contribution in [0.1, 0.15) is 31.1 Å². The monoisotopic (exact) mass is 290 g/mol. The van der Waals surface area contributed by atoms with Gasteiger partial charge in [0.1, 0.15) is 11.3 Å². The summed E-state index contributed by atoms with van der Waals surface area (Å²) in [6.45, 7) is 5.65. The van der Waals surface area contributed by atoms with Gasteiger partial charge in [-0.05, 0) is 32.4 Å². The van der Waals surface area contributed by atoms with Crippen LogP contribution in [0.4, 0.5) is 0 Å². The lowest BCUT2D eigenvalue weighted by atomic mass is 10.1. The number of para-hydroxylation sites is 1. The molecule has 0 unspecified atom stereocenters. The van der Waals surface area contributed by atoms with Crippen LogP contribution in [-0.4, -0.2) is 25.2 Å². The number of carbonyl (C=O) groups excluding carboxylic acids is 2. The molecule has 0 aliphatic heterocycles. The lowest BCUT2D eigenvalue weighted by Gasteiger charge is -2.11. The van der Waals surface area contributed by atoms with Crippen LogP contribution in [0, 0.1) is 6.92 Å². The number of furan rings is 1. The molecule has 5 heteroatoms. The first-order valence-electron chi connectivity index (χ1n) is 6.90. The predicted molar refractivity (Wildman–Crippen MR) is 77.0 cm³/mol. The van der Waals surface area contributed by atoms with Crippen LogP contribution >= 0.6 is 0 Å². The van der Waals surface area contributed by atoms with Crippen LogP contribution in [-0.2, 0) is 19.1 Å². The van der Waals surface area contributed by atoms with Crippen LogP contribution in [0.5, 0.6) is 0 Å². The van der Waals surface area contributed by atoms with Crippen LogP contribution < -0.4 is 0 Å². The second-order valence-electron chi connectivity index (χ2n) is 4.58. The molecule has 21 heavy (non-hydrogen) atoms. The normalized spacial score (nSPS) is 10.9. The van der Waals surface area contributed by atoms with Crippen molar-refractivity contribution < 1.29 is 23.5 Å². The van der Waals surface area contributed by atoms with Gasteiger partial charge in [0.2, 0.25) is 5.92 Å². The highest BCUT2D eigenvalue weighted by Crippen LogP contribution is 2.29. The Kier molecular flexibility index (Phi) is 4.62. The summed E-state index contributed by atoms with van der Waals surface area (Å²) in [5.74, 6) is -2.26. The molecule has 0 bridgehead atoms. The molecule has 1 aromatic carbocycles. The molecule has 0 radical (unpaired) electrons. The fraction of sp³-hybridized carbons (Fsp3) is 0.375. The second-order valence-corrected chi connectivity index (χ2v) is 4.58. The summed E-state index contributed by atoms with van der Waals surface area (Å²) in [5, 5.41) is 0.837. The van der Waals surface area contributed by atoms with Gasteiger partial charge >= 0.3 is 11.9 Å². The molecule has 0 saturated carbocycles. The van der Waals surface area contributed by atoms with Crippen LogP contribution in [0.15, 0.2) is 28.7 Å². The number of rotatable bonds is 5. The first kappa shape index (κ1) is 15.1. The lowest BCUT2D eigenvalue weighted by Crippen LogP contribution is -2.25. The highest BCUT2D eigenvalue weighted by atomic mass is 16.6.